The molecule has 27 heteroatoms. The fraction of sp³-hybridized carbons (Fsp3) is 0.613. The van der Waals surface area contributed by atoms with Gasteiger partial charge in [-0.05, 0) is 48.7 Å². The van der Waals surface area contributed by atoms with Gasteiger partial charge in [0.15, 0.2) is 36.8 Å². The van der Waals surface area contributed by atoms with Crippen LogP contribution in [0.3, 0.4) is 0 Å². The van der Waals surface area contributed by atoms with Crippen LogP contribution in [0.15, 0.2) is 77.9 Å². The highest BCUT2D eigenvalue weighted by molar-refractivity contribution is 5.90. The zero-order valence-corrected chi connectivity index (χ0v) is 51.8. The van der Waals surface area contributed by atoms with Gasteiger partial charge in [-0.3, -0.25) is 33.6 Å². The number of benzene rings is 2. The van der Waals surface area contributed by atoms with Crippen molar-refractivity contribution in [3.8, 4) is 0 Å². The van der Waals surface area contributed by atoms with Gasteiger partial charge in [0, 0.05) is 53.4 Å². The molecule has 27 nitrogen and oxygen atoms in total. The maximum Gasteiger partial charge on any atom is 0.366 e. The smallest absolute Gasteiger partial charge is 0.366 e. The number of rotatable bonds is 36. The lowest BCUT2D eigenvalue weighted by Gasteiger charge is -2.51. The van der Waals surface area contributed by atoms with Crippen molar-refractivity contribution >= 4 is 59.7 Å². The van der Waals surface area contributed by atoms with Crippen LogP contribution >= 0.6 is 0 Å². The van der Waals surface area contributed by atoms with Gasteiger partial charge < -0.3 is 66.3 Å². The molecule has 0 aromatic heterocycles. The minimum absolute atomic E-state index is 0.0591. The van der Waals surface area contributed by atoms with Crippen LogP contribution in [0, 0.1) is 0 Å². The largest absolute Gasteiger partial charge is 0.465 e. The van der Waals surface area contributed by atoms with E-state index in [-0.39, 0.29) is 11.1 Å². The van der Waals surface area contributed by atoms with E-state index in [4.69, 9.17) is 66.3 Å². The number of carbonyl (C=O) groups is 10. The lowest BCUT2D eigenvalue weighted by molar-refractivity contribution is -0.377. The Bertz CT molecular complexity index is 2720. The minimum atomic E-state index is -3.12. The molecule has 2 aliphatic heterocycles. The summed E-state index contributed by atoms with van der Waals surface area (Å²) in [4.78, 5) is 136. The molecule has 490 valence electrons. The van der Waals surface area contributed by atoms with Crippen molar-refractivity contribution in [2.45, 2.75) is 218 Å². The Balaban J connectivity index is 1.91. The molecule has 2 fully saturated rings. The molecule has 2 heterocycles. The SMILES string of the molecule is CCCCCCCCCCCCC/C=C/[C@@H](OC(=O)c1ccccc1)[C@H](CO[C@@H]1O[C@H](COC(=O)c2ccccc2)[C@H](OC(C)=O)[C@H](O[C@]2(C(=O)OC)C[C@H](OC(C)=O)[C@@H](OC(C)=O)[C@H]([C@H](OC(C)=O)[C@@H](COC(C)=O)OC(C)=O)O2)[C@H]1OC(C)=O)N=[N+]=[N-]. The van der Waals surface area contributed by atoms with Gasteiger partial charge in [0.25, 0.3) is 5.79 Å². The van der Waals surface area contributed by atoms with E-state index in [1.54, 1.807) is 48.6 Å². The molecular formula is C62H83N3O24. The number of esters is 10. The molecule has 0 unspecified atom stereocenters. The first-order valence-electron chi connectivity index (χ1n) is 29.6. The molecular weight excluding hydrogens is 1170 g/mol. The van der Waals surface area contributed by atoms with Crippen molar-refractivity contribution in [3.63, 3.8) is 0 Å². The molecule has 0 spiro atoms. The summed E-state index contributed by atoms with van der Waals surface area (Å²) >= 11 is 0. The van der Waals surface area contributed by atoms with Crippen LogP contribution in [-0.2, 0) is 105 Å². The first kappa shape index (κ1) is 73.5. The van der Waals surface area contributed by atoms with Crippen LogP contribution in [0.4, 0.5) is 0 Å². The number of hydrogen-bond donors (Lipinski definition) is 0. The third-order valence-electron chi connectivity index (χ3n) is 13.8. The standard InChI is InChI=1S/C62H83N3O24/c1-10-11-12-13-14-15-16-17-18-19-20-21-28-33-48(86-59(74)46-31-26-23-27-32-46)47(64-65-63)35-79-60-57(85-44(8)72)56(54(84-43(7)71)51(87-60)37-78-58(73)45-29-24-22-25-30-45)89-62(61(75)76-9)34-49(80-39(3)67)52(82-41(5)69)55(88-62)53(83-42(6)70)50(81-40(4)68)36-77-38(2)66/h22-33,47-57,60H,10-21,34-37H2,1-9H3/b33-28+/t47-,48+,49-,50+,51+,52+,53+,54-,55+,56-,57+,60+,62-/m0/s1. The summed E-state index contributed by atoms with van der Waals surface area (Å²) in [6, 6.07) is 14.1. The normalized spacial score (nSPS) is 22.7. The average Bonchev–Trinajstić information content (AvgIpc) is 0.812. The van der Waals surface area contributed by atoms with Gasteiger partial charge in [-0.25, -0.2) is 14.4 Å². The van der Waals surface area contributed by atoms with Gasteiger partial charge in [0.1, 0.15) is 49.8 Å². The van der Waals surface area contributed by atoms with Crippen molar-refractivity contribution in [2.75, 3.05) is 26.9 Å². The van der Waals surface area contributed by atoms with Crippen LogP contribution in [0.2, 0.25) is 0 Å². The van der Waals surface area contributed by atoms with Crippen molar-refractivity contribution < 1.29 is 114 Å². The first-order chi connectivity index (χ1) is 42.5. The quantitative estimate of drug-likeness (QED) is 0.0119. The summed E-state index contributed by atoms with van der Waals surface area (Å²) in [5.74, 6) is -13.7. The fourth-order valence-electron chi connectivity index (χ4n) is 9.99. The fourth-order valence-corrected chi connectivity index (χ4v) is 9.99. The Hall–Kier alpha value is -7.97. The number of nitrogens with zero attached hydrogens (tertiary/aromatic N) is 3. The molecule has 89 heavy (non-hydrogen) atoms. The van der Waals surface area contributed by atoms with Gasteiger partial charge >= 0.3 is 59.7 Å². The van der Waals surface area contributed by atoms with Crippen LogP contribution in [0.5, 0.6) is 0 Å². The van der Waals surface area contributed by atoms with E-state index in [0.29, 0.717) is 6.42 Å². The Morgan fingerprint density at radius 1 is 0.618 bits per heavy atom. The molecule has 4 rings (SSSR count). The monoisotopic (exact) mass is 1250 g/mol. The molecule has 0 aliphatic carbocycles. The van der Waals surface area contributed by atoms with Crippen molar-refractivity contribution in [2.24, 2.45) is 5.11 Å². The number of methoxy groups -OCH3 is 1. The highest BCUT2D eigenvalue weighted by Gasteiger charge is 2.64. The highest BCUT2D eigenvalue weighted by Crippen LogP contribution is 2.42. The third kappa shape index (κ3) is 24.9. The van der Waals surface area contributed by atoms with Crippen LogP contribution in [-0.4, -0.2) is 166 Å². The van der Waals surface area contributed by atoms with Crippen LogP contribution in [0.1, 0.15) is 160 Å². The second kappa shape index (κ2) is 38.4. The first-order valence-corrected chi connectivity index (χ1v) is 29.6. The molecule has 0 saturated carbocycles. The zero-order valence-electron chi connectivity index (χ0n) is 51.8. The third-order valence-corrected chi connectivity index (χ3v) is 13.8. The van der Waals surface area contributed by atoms with Crippen LogP contribution in [0.25, 0.3) is 10.4 Å². The van der Waals surface area contributed by atoms with Crippen molar-refractivity contribution in [3.05, 3.63) is 94.4 Å². The van der Waals surface area contributed by atoms with Crippen molar-refractivity contribution in [1.29, 1.82) is 0 Å². The van der Waals surface area contributed by atoms with E-state index in [0.717, 1.165) is 87.7 Å². The summed E-state index contributed by atoms with van der Waals surface area (Å²) in [7, 11) is 0.870. The molecule has 0 amide bonds. The average molecular weight is 1250 g/mol. The predicted octanol–water partition coefficient (Wildman–Crippen LogP) is 7.94. The summed E-state index contributed by atoms with van der Waals surface area (Å²) < 4.78 is 82.4. The zero-order chi connectivity index (χ0) is 65.5. The molecule has 2 aromatic carbocycles. The number of carbonyl (C=O) groups excluding carboxylic acids is 10. The van der Waals surface area contributed by atoms with Gasteiger partial charge in [0.2, 0.25) is 0 Å². The van der Waals surface area contributed by atoms with Gasteiger partial charge in [-0.15, -0.1) is 0 Å². The Kier molecular flexibility index (Phi) is 31.7. The summed E-state index contributed by atoms with van der Waals surface area (Å²) in [5, 5.41) is 3.95. The number of ether oxygens (including phenoxy) is 14. The minimum Gasteiger partial charge on any atom is -0.465 e. The van der Waals surface area contributed by atoms with E-state index in [2.05, 4.69) is 16.9 Å². The predicted molar refractivity (Wildman–Crippen MR) is 309 cm³/mol. The molecule has 0 bridgehead atoms. The molecule has 0 N–H and O–H groups in total. The van der Waals surface area contributed by atoms with E-state index in [1.165, 1.54) is 62.8 Å². The Labute approximate surface area is 516 Å². The van der Waals surface area contributed by atoms with Gasteiger partial charge in [-0.2, -0.15) is 0 Å². The number of allylic oxidation sites excluding steroid dienone is 1. The summed E-state index contributed by atoms with van der Waals surface area (Å²) in [6.45, 7) is 6.45. The van der Waals surface area contributed by atoms with E-state index >= 15 is 0 Å². The molecule has 0 radical (unpaired) electrons. The summed E-state index contributed by atoms with van der Waals surface area (Å²) in [5.41, 5.74) is 10.3. The molecule has 2 aliphatic rings. The number of azide groups is 1. The topological polar surface area (TPSA) is 349 Å². The van der Waals surface area contributed by atoms with E-state index < -0.39 is 165 Å². The number of unbranched alkanes of at least 4 members (excludes halogenated alkanes) is 11. The maximum atomic E-state index is 14.8. The van der Waals surface area contributed by atoms with Gasteiger partial charge in [-0.1, -0.05) is 119 Å². The highest BCUT2D eigenvalue weighted by atomic mass is 16.8. The Morgan fingerprint density at radius 3 is 1.69 bits per heavy atom. The summed E-state index contributed by atoms with van der Waals surface area (Å²) in [6.07, 6.45) is -6.10. The second-order valence-corrected chi connectivity index (χ2v) is 21.1. The lowest BCUT2D eigenvalue weighted by Crippen LogP contribution is -2.70. The second-order valence-electron chi connectivity index (χ2n) is 21.1. The molecule has 13 atom stereocenters. The maximum absolute atomic E-state index is 14.8. The molecule has 2 saturated heterocycles. The lowest BCUT2D eigenvalue weighted by atomic mass is 9.89. The van der Waals surface area contributed by atoms with Crippen molar-refractivity contribution in [1.82, 2.24) is 0 Å². The van der Waals surface area contributed by atoms with E-state index in [9.17, 15) is 53.5 Å². The Morgan fingerprint density at radius 2 is 1.16 bits per heavy atom. The van der Waals surface area contributed by atoms with E-state index in [1.807, 2.05) is 0 Å². The van der Waals surface area contributed by atoms with Crippen LogP contribution < -0.4 is 0 Å². The number of hydrogen-bond acceptors (Lipinski definition) is 25. The molecule has 2 aromatic rings. The van der Waals surface area contributed by atoms with Gasteiger partial charge in [0.05, 0.1) is 31.3 Å².